The fourth-order valence-corrected chi connectivity index (χ4v) is 3.39. The van der Waals surface area contributed by atoms with Gasteiger partial charge >= 0.3 is 0 Å². The molecule has 1 aromatic rings. The van der Waals surface area contributed by atoms with Gasteiger partial charge < -0.3 is 11.1 Å². The molecule has 2 atom stereocenters. The van der Waals surface area contributed by atoms with E-state index in [1.54, 1.807) is 0 Å². The number of amides is 1. The average Bonchev–Trinajstić information content (AvgIpc) is 2.93. The number of halogens is 1. The zero-order chi connectivity index (χ0) is 15.0. The Morgan fingerprint density at radius 1 is 1.45 bits per heavy atom. The predicted octanol–water partition coefficient (Wildman–Crippen LogP) is 1.95. The molecule has 6 heteroatoms. The van der Waals surface area contributed by atoms with Crippen LogP contribution >= 0.6 is 12.4 Å². The van der Waals surface area contributed by atoms with Crippen LogP contribution in [-0.2, 0) is 11.3 Å². The molecule has 3 N–H and O–H groups in total. The number of aryl methyl sites for hydroxylation is 2. The summed E-state index contributed by atoms with van der Waals surface area (Å²) in [6.45, 7) is 5.80. The molecule has 2 aliphatic rings. The molecule has 0 unspecified atom stereocenters. The molecule has 2 aliphatic carbocycles. The van der Waals surface area contributed by atoms with Gasteiger partial charge in [0.15, 0.2) is 0 Å². The van der Waals surface area contributed by atoms with E-state index in [0.29, 0.717) is 0 Å². The van der Waals surface area contributed by atoms with Crippen molar-refractivity contribution in [2.45, 2.75) is 58.5 Å². The van der Waals surface area contributed by atoms with Crippen LogP contribution in [0.3, 0.4) is 0 Å². The SMILES string of the molecule is Cc1cc(C)n(CC2(CNC(=O)[C@H]3CC[C@@H](N)C3)CC2)n1.Cl. The minimum atomic E-state index is 0. The van der Waals surface area contributed by atoms with E-state index >= 15 is 0 Å². The van der Waals surface area contributed by atoms with Crippen molar-refractivity contribution in [3.05, 3.63) is 17.5 Å². The van der Waals surface area contributed by atoms with Crippen LogP contribution < -0.4 is 11.1 Å². The van der Waals surface area contributed by atoms with E-state index in [1.165, 1.54) is 18.5 Å². The van der Waals surface area contributed by atoms with E-state index < -0.39 is 0 Å². The summed E-state index contributed by atoms with van der Waals surface area (Å²) in [5.74, 6) is 0.326. The van der Waals surface area contributed by atoms with Gasteiger partial charge in [0.05, 0.1) is 5.69 Å². The summed E-state index contributed by atoms with van der Waals surface area (Å²) in [5, 5.41) is 7.70. The molecule has 0 aromatic carbocycles. The molecule has 2 fully saturated rings. The topological polar surface area (TPSA) is 72.9 Å². The summed E-state index contributed by atoms with van der Waals surface area (Å²) in [5.41, 5.74) is 8.37. The number of nitrogens with zero attached hydrogens (tertiary/aromatic N) is 2. The highest BCUT2D eigenvalue weighted by atomic mass is 35.5. The van der Waals surface area contributed by atoms with Crippen LogP contribution in [0.15, 0.2) is 6.07 Å². The molecule has 0 aliphatic heterocycles. The summed E-state index contributed by atoms with van der Waals surface area (Å²) in [6.07, 6.45) is 5.12. The van der Waals surface area contributed by atoms with Gasteiger partial charge in [-0.2, -0.15) is 5.10 Å². The maximum absolute atomic E-state index is 12.2. The Morgan fingerprint density at radius 2 is 2.18 bits per heavy atom. The van der Waals surface area contributed by atoms with Gasteiger partial charge in [-0.3, -0.25) is 9.48 Å². The highest BCUT2D eigenvalue weighted by molar-refractivity contribution is 5.85. The van der Waals surface area contributed by atoms with Crippen LogP contribution in [0.1, 0.15) is 43.5 Å². The number of nitrogens with two attached hydrogens (primary N) is 1. The minimum absolute atomic E-state index is 0. The van der Waals surface area contributed by atoms with Gasteiger partial charge in [0.1, 0.15) is 0 Å². The van der Waals surface area contributed by atoms with Gasteiger partial charge in [-0.05, 0) is 52.0 Å². The van der Waals surface area contributed by atoms with Crippen LogP contribution in [0.2, 0.25) is 0 Å². The molecule has 1 aromatic heterocycles. The van der Waals surface area contributed by atoms with Gasteiger partial charge in [0.25, 0.3) is 0 Å². The maximum Gasteiger partial charge on any atom is 0.223 e. The van der Waals surface area contributed by atoms with Gasteiger partial charge in [0.2, 0.25) is 5.91 Å². The van der Waals surface area contributed by atoms with E-state index in [9.17, 15) is 4.79 Å². The summed E-state index contributed by atoms with van der Waals surface area (Å²) in [7, 11) is 0. The number of carbonyl (C=O) groups is 1. The maximum atomic E-state index is 12.2. The first-order valence-electron chi connectivity index (χ1n) is 8.02. The molecule has 1 amide bonds. The van der Waals surface area contributed by atoms with Crippen molar-refractivity contribution in [1.82, 2.24) is 15.1 Å². The first-order valence-corrected chi connectivity index (χ1v) is 8.02. The summed E-state index contributed by atoms with van der Waals surface area (Å²) in [4.78, 5) is 12.2. The average molecular weight is 327 g/mol. The molecule has 22 heavy (non-hydrogen) atoms. The van der Waals surface area contributed by atoms with Crippen molar-refractivity contribution in [2.24, 2.45) is 17.1 Å². The van der Waals surface area contributed by atoms with Crippen molar-refractivity contribution >= 4 is 18.3 Å². The summed E-state index contributed by atoms with van der Waals surface area (Å²) >= 11 is 0. The molecular formula is C16H27ClN4O. The zero-order valence-corrected chi connectivity index (χ0v) is 14.3. The highest BCUT2D eigenvalue weighted by Crippen LogP contribution is 2.46. The standard InChI is InChI=1S/C16H26N4O.ClH/c1-11-7-12(2)20(19-11)10-16(5-6-16)9-18-15(21)13-3-4-14(17)8-13;/h7,13-14H,3-6,8-10,17H2,1-2H3,(H,18,21);1H/t13-,14+;/m0./s1. The Hall–Kier alpha value is -1.07. The first-order chi connectivity index (χ1) is 9.97. The third-order valence-corrected chi connectivity index (χ3v) is 5.03. The number of carbonyl (C=O) groups excluding carboxylic acids is 1. The van der Waals surface area contributed by atoms with Gasteiger partial charge in [-0.1, -0.05) is 0 Å². The molecule has 124 valence electrons. The molecule has 2 saturated carbocycles. The molecule has 0 bridgehead atoms. The smallest absolute Gasteiger partial charge is 0.223 e. The third kappa shape index (κ3) is 3.82. The Morgan fingerprint density at radius 3 is 2.68 bits per heavy atom. The van der Waals surface area contributed by atoms with Crippen molar-refractivity contribution in [3.63, 3.8) is 0 Å². The van der Waals surface area contributed by atoms with Crippen LogP contribution in [0.25, 0.3) is 0 Å². The molecule has 0 saturated heterocycles. The van der Waals surface area contributed by atoms with Crippen LogP contribution in [-0.4, -0.2) is 28.3 Å². The van der Waals surface area contributed by atoms with Crippen molar-refractivity contribution in [2.75, 3.05) is 6.54 Å². The summed E-state index contributed by atoms with van der Waals surface area (Å²) in [6, 6.07) is 2.32. The molecule has 5 nitrogen and oxygen atoms in total. The number of nitrogens with one attached hydrogen (secondary N) is 1. The normalized spacial score (nSPS) is 25.6. The molecule has 3 rings (SSSR count). The van der Waals surface area contributed by atoms with Crippen LogP contribution in [0.5, 0.6) is 0 Å². The first kappa shape index (κ1) is 17.3. The number of hydrogen-bond donors (Lipinski definition) is 2. The second-order valence-electron chi connectivity index (χ2n) is 7.07. The predicted molar refractivity (Wildman–Crippen MR) is 88.9 cm³/mol. The minimum Gasteiger partial charge on any atom is -0.355 e. The number of aromatic nitrogens is 2. The van der Waals surface area contributed by atoms with Crippen molar-refractivity contribution in [1.29, 1.82) is 0 Å². The lowest BCUT2D eigenvalue weighted by atomic mass is 10.0. The zero-order valence-electron chi connectivity index (χ0n) is 13.5. The second-order valence-corrected chi connectivity index (χ2v) is 7.07. The molecule has 0 spiro atoms. The monoisotopic (exact) mass is 326 g/mol. The Balaban J connectivity index is 0.00000176. The van der Waals surface area contributed by atoms with E-state index in [4.69, 9.17) is 5.73 Å². The highest BCUT2D eigenvalue weighted by Gasteiger charge is 2.44. The van der Waals surface area contributed by atoms with Crippen molar-refractivity contribution < 1.29 is 4.79 Å². The van der Waals surface area contributed by atoms with E-state index in [0.717, 1.165) is 38.0 Å². The van der Waals surface area contributed by atoms with Crippen LogP contribution in [0.4, 0.5) is 0 Å². The molecule has 1 heterocycles. The lowest BCUT2D eigenvalue weighted by Crippen LogP contribution is -2.36. The largest absolute Gasteiger partial charge is 0.355 e. The van der Waals surface area contributed by atoms with Crippen LogP contribution in [0, 0.1) is 25.2 Å². The van der Waals surface area contributed by atoms with Gasteiger partial charge in [-0.15, -0.1) is 12.4 Å². The Kier molecular flexibility index (Phi) is 5.17. The van der Waals surface area contributed by atoms with Gasteiger partial charge in [0, 0.05) is 36.2 Å². The van der Waals surface area contributed by atoms with E-state index in [1.807, 2.05) is 6.92 Å². The van der Waals surface area contributed by atoms with Crippen molar-refractivity contribution in [3.8, 4) is 0 Å². The Labute approximate surface area is 138 Å². The van der Waals surface area contributed by atoms with E-state index in [-0.39, 0.29) is 35.7 Å². The lowest BCUT2D eigenvalue weighted by molar-refractivity contribution is -0.125. The summed E-state index contributed by atoms with van der Waals surface area (Å²) < 4.78 is 2.08. The van der Waals surface area contributed by atoms with Gasteiger partial charge in [-0.25, -0.2) is 0 Å². The quantitative estimate of drug-likeness (QED) is 0.868. The van der Waals surface area contributed by atoms with E-state index in [2.05, 4.69) is 28.1 Å². The number of hydrogen-bond acceptors (Lipinski definition) is 3. The fourth-order valence-electron chi connectivity index (χ4n) is 3.39. The third-order valence-electron chi connectivity index (χ3n) is 5.03. The molecule has 0 radical (unpaired) electrons. The lowest BCUT2D eigenvalue weighted by Gasteiger charge is -2.19. The second kappa shape index (κ2) is 6.59. The Bertz CT molecular complexity index is 538. The number of rotatable bonds is 5. The molecular weight excluding hydrogens is 300 g/mol. The fraction of sp³-hybridized carbons (Fsp3) is 0.750.